The number of carbonyl (C=O) groups excluding carboxylic acids is 1. The number of anilines is 2. The zero-order valence-corrected chi connectivity index (χ0v) is 18.0. The number of aromatic nitrogens is 5. The molecule has 0 unspecified atom stereocenters. The van der Waals surface area contributed by atoms with E-state index in [1.165, 1.54) is 5.69 Å². The molecular formula is C18H21N7NaO+. The van der Waals surface area contributed by atoms with Gasteiger partial charge in [0.1, 0.15) is 5.69 Å². The molecule has 0 fully saturated rings. The molecule has 0 aliphatic rings. The number of rotatable bonds is 6. The number of benzene rings is 1. The molecule has 1 aromatic carbocycles. The van der Waals surface area contributed by atoms with Crippen molar-refractivity contribution in [3.63, 3.8) is 0 Å². The van der Waals surface area contributed by atoms with Crippen molar-refractivity contribution in [1.82, 2.24) is 25.6 Å². The molecule has 3 aromatic rings. The van der Waals surface area contributed by atoms with Crippen molar-refractivity contribution < 1.29 is 34.4 Å². The van der Waals surface area contributed by atoms with Gasteiger partial charge in [0.05, 0.1) is 5.69 Å². The molecule has 0 bridgehead atoms. The number of pyridine rings is 1. The smallest absolute Gasteiger partial charge is 0.372 e. The van der Waals surface area contributed by atoms with Gasteiger partial charge in [-0.05, 0) is 55.8 Å². The van der Waals surface area contributed by atoms with Crippen molar-refractivity contribution in [2.45, 2.75) is 20.8 Å². The topological polar surface area (TPSA) is 99.7 Å². The maximum Gasteiger partial charge on any atom is 1.00 e. The Labute approximate surface area is 180 Å². The maximum absolute atomic E-state index is 12.4. The maximum atomic E-state index is 12.4. The van der Waals surface area contributed by atoms with Crippen LogP contribution in [-0.4, -0.2) is 44.6 Å². The number of carbonyl (C=O) groups is 1. The van der Waals surface area contributed by atoms with E-state index in [0.29, 0.717) is 5.69 Å². The van der Waals surface area contributed by atoms with Gasteiger partial charge in [-0.25, -0.2) is 4.98 Å². The van der Waals surface area contributed by atoms with Crippen LogP contribution in [0, 0.1) is 6.92 Å². The molecule has 8 nitrogen and oxygen atoms in total. The van der Waals surface area contributed by atoms with Crippen LogP contribution in [-0.2, 0) is 0 Å². The predicted octanol–water partition coefficient (Wildman–Crippen LogP) is -0.327. The monoisotopic (exact) mass is 374 g/mol. The van der Waals surface area contributed by atoms with Crippen molar-refractivity contribution >= 4 is 17.5 Å². The van der Waals surface area contributed by atoms with Crippen LogP contribution in [0.15, 0.2) is 36.4 Å². The molecule has 0 saturated heterocycles. The first kappa shape index (κ1) is 21.0. The van der Waals surface area contributed by atoms with Gasteiger partial charge in [-0.1, -0.05) is 17.2 Å². The molecule has 9 heteroatoms. The SMILES string of the molecule is CCN(CC)c1ccc(-c2cc(C)cc(C(=O)Nc3nn[nH]n3)n2)cc1.[Na+]. The molecule has 0 spiro atoms. The van der Waals surface area contributed by atoms with E-state index in [4.69, 9.17) is 0 Å². The Bertz CT molecular complexity index is 877. The van der Waals surface area contributed by atoms with Gasteiger partial charge in [-0.2, -0.15) is 5.21 Å². The predicted molar refractivity (Wildman–Crippen MR) is 100 cm³/mol. The van der Waals surface area contributed by atoms with Crippen LogP contribution in [0.2, 0.25) is 0 Å². The molecule has 0 atom stereocenters. The fraction of sp³-hybridized carbons (Fsp3) is 0.278. The Kier molecular flexibility index (Phi) is 7.46. The first-order valence-corrected chi connectivity index (χ1v) is 8.49. The molecule has 134 valence electrons. The van der Waals surface area contributed by atoms with Gasteiger partial charge in [0.25, 0.3) is 11.9 Å². The van der Waals surface area contributed by atoms with E-state index in [9.17, 15) is 4.79 Å². The number of hydrogen-bond acceptors (Lipinski definition) is 6. The average molecular weight is 374 g/mol. The number of H-pyrrole nitrogens is 1. The third-order valence-electron chi connectivity index (χ3n) is 4.06. The largest absolute Gasteiger partial charge is 1.00 e. The Balaban J connectivity index is 0.00000261. The van der Waals surface area contributed by atoms with Crippen molar-refractivity contribution in [2.75, 3.05) is 23.3 Å². The van der Waals surface area contributed by atoms with Crippen LogP contribution < -0.4 is 39.8 Å². The number of nitrogens with one attached hydrogen (secondary N) is 2. The van der Waals surface area contributed by atoms with Crippen molar-refractivity contribution in [3.8, 4) is 11.3 Å². The van der Waals surface area contributed by atoms with Crippen molar-refractivity contribution in [3.05, 3.63) is 47.7 Å². The molecule has 2 aromatic heterocycles. The Hall–Kier alpha value is -2.29. The normalized spacial score (nSPS) is 10.2. The van der Waals surface area contributed by atoms with Gasteiger partial charge in [0, 0.05) is 24.3 Å². The van der Waals surface area contributed by atoms with E-state index in [1.54, 1.807) is 6.07 Å². The third-order valence-corrected chi connectivity index (χ3v) is 4.06. The molecule has 1 amide bonds. The second kappa shape index (κ2) is 9.59. The zero-order chi connectivity index (χ0) is 18.5. The second-order valence-corrected chi connectivity index (χ2v) is 5.82. The fourth-order valence-corrected chi connectivity index (χ4v) is 2.74. The van der Waals surface area contributed by atoms with Gasteiger partial charge < -0.3 is 4.90 Å². The van der Waals surface area contributed by atoms with Crippen LogP contribution in [0.4, 0.5) is 11.6 Å². The zero-order valence-electron chi connectivity index (χ0n) is 16.0. The van der Waals surface area contributed by atoms with E-state index < -0.39 is 0 Å². The van der Waals surface area contributed by atoms with E-state index in [0.717, 1.165) is 29.9 Å². The van der Waals surface area contributed by atoms with Crippen molar-refractivity contribution in [1.29, 1.82) is 0 Å². The molecule has 0 aliphatic carbocycles. The van der Waals surface area contributed by atoms with Crippen LogP contribution >= 0.6 is 0 Å². The van der Waals surface area contributed by atoms with E-state index in [1.807, 2.05) is 25.1 Å². The summed E-state index contributed by atoms with van der Waals surface area (Å²) >= 11 is 0. The molecule has 0 radical (unpaired) electrons. The second-order valence-electron chi connectivity index (χ2n) is 5.82. The van der Waals surface area contributed by atoms with Crippen LogP contribution in [0.3, 0.4) is 0 Å². The third kappa shape index (κ3) is 5.12. The Morgan fingerprint density at radius 1 is 1.15 bits per heavy atom. The summed E-state index contributed by atoms with van der Waals surface area (Å²) in [4.78, 5) is 19.1. The fourth-order valence-electron chi connectivity index (χ4n) is 2.74. The summed E-state index contributed by atoms with van der Waals surface area (Å²) in [5, 5.41) is 15.7. The molecule has 0 saturated carbocycles. The summed E-state index contributed by atoms with van der Waals surface area (Å²) in [5.74, 6) is -0.264. The van der Waals surface area contributed by atoms with Gasteiger partial charge >= 0.3 is 29.6 Å². The minimum absolute atomic E-state index is 0. The number of hydrogen-bond donors (Lipinski definition) is 2. The van der Waals surface area contributed by atoms with Gasteiger partial charge in [0.15, 0.2) is 0 Å². The van der Waals surface area contributed by atoms with Gasteiger partial charge in [0.2, 0.25) is 0 Å². The molecule has 2 heterocycles. The number of tetrazole rings is 1. The average Bonchev–Trinajstić information content (AvgIpc) is 3.16. The molecule has 27 heavy (non-hydrogen) atoms. The quantitative estimate of drug-likeness (QED) is 0.574. The van der Waals surface area contributed by atoms with Gasteiger partial charge in [-0.15, -0.1) is 5.10 Å². The molecule has 2 N–H and O–H groups in total. The summed E-state index contributed by atoms with van der Waals surface area (Å²) in [6.07, 6.45) is 0. The summed E-state index contributed by atoms with van der Waals surface area (Å²) in [7, 11) is 0. The summed E-state index contributed by atoms with van der Waals surface area (Å²) in [6.45, 7) is 8.11. The molecule has 3 rings (SSSR count). The number of aromatic amines is 1. The minimum atomic E-state index is -0.379. The first-order chi connectivity index (χ1) is 12.6. The summed E-state index contributed by atoms with van der Waals surface area (Å²) in [6, 6.07) is 11.9. The van der Waals surface area contributed by atoms with E-state index in [-0.39, 0.29) is 41.4 Å². The van der Waals surface area contributed by atoms with Crippen LogP contribution in [0.5, 0.6) is 0 Å². The minimum Gasteiger partial charge on any atom is -0.372 e. The molecule has 0 aliphatic heterocycles. The van der Waals surface area contributed by atoms with E-state index in [2.05, 4.69) is 61.8 Å². The standard InChI is InChI=1S/C18H21N7O.Na/c1-4-25(5-2)14-8-6-13(7-9-14)15-10-12(3)11-16(19-15)17(26)20-18-21-23-24-22-18;/h6-11H,4-5H2,1-3H3,(H2,20,21,22,23,24,26);/q;+1. The Morgan fingerprint density at radius 3 is 2.44 bits per heavy atom. The number of nitrogens with zero attached hydrogens (tertiary/aromatic N) is 5. The van der Waals surface area contributed by atoms with Crippen molar-refractivity contribution in [2.24, 2.45) is 0 Å². The molecular weight excluding hydrogens is 353 g/mol. The van der Waals surface area contributed by atoms with Crippen LogP contribution in [0.1, 0.15) is 29.9 Å². The first-order valence-electron chi connectivity index (χ1n) is 8.49. The summed E-state index contributed by atoms with van der Waals surface area (Å²) < 4.78 is 0. The number of aryl methyl sites for hydroxylation is 1. The van der Waals surface area contributed by atoms with Gasteiger partial charge in [-0.3, -0.25) is 10.1 Å². The van der Waals surface area contributed by atoms with Crippen LogP contribution in [0.25, 0.3) is 11.3 Å². The summed E-state index contributed by atoms with van der Waals surface area (Å²) in [5.41, 5.74) is 4.12. The Morgan fingerprint density at radius 2 is 1.85 bits per heavy atom. The number of amides is 1. The van der Waals surface area contributed by atoms with E-state index >= 15 is 0 Å².